The molecule has 4 aliphatic heterocycles. The number of nitriles is 3. The number of likely N-dealkylation sites (tertiary alicyclic amines) is 4. The predicted molar refractivity (Wildman–Crippen MR) is 410 cm³/mol. The second-order valence-corrected chi connectivity index (χ2v) is 21.9. The molecule has 4 saturated heterocycles. The van der Waals surface area contributed by atoms with Gasteiger partial charge in [-0.25, -0.2) is 0 Å². The number of fused-ring (bicyclic) bond motifs is 3. The number of nitrogens with zero attached hydrogens (tertiary/aromatic N) is 7. The fraction of sp³-hybridized carbons (Fsp3) is 0.472. The molecule has 1 N–H and O–H groups in total. The van der Waals surface area contributed by atoms with Gasteiger partial charge in [-0.2, -0.15) is 15.8 Å². The van der Waals surface area contributed by atoms with E-state index >= 15 is 0 Å². The first kappa shape index (κ1) is 88.4. The lowest BCUT2D eigenvalue weighted by molar-refractivity contribution is -0.148. The van der Waals surface area contributed by atoms with Crippen LogP contribution in [-0.4, -0.2) is 345 Å². The maximum atomic E-state index is 12.7. The topological polar surface area (TPSA) is 261 Å². The van der Waals surface area contributed by atoms with E-state index in [1.165, 1.54) is 28.4 Å². The Labute approximate surface area is 591 Å². The van der Waals surface area contributed by atoms with Gasteiger partial charge in [-0.3, -0.25) is 59.5 Å². The molecule has 0 amide bonds. The van der Waals surface area contributed by atoms with Crippen LogP contribution in [0.4, 0.5) is 0 Å². The maximum absolute atomic E-state index is 12.7. The number of carbonyl (C=O) groups excluding carboxylic acids is 7. The van der Waals surface area contributed by atoms with E-state index in [9.17, 15) is 38.7 Å². The van der Waals surface area contributed by atoms with Gasteiger partial charge < -0.3 is 24.1 Å². The Kier molecular flexibility index (Phi) is 39.6. The highest BCUT2D eigenvalue weighted by Gasteiger charge is 2.55. The first-order valence-electron chi connectivity index (χ1n) is 28.8. The second-order valence-electron chi connectivity index (χ2n) is 21.9. The number of hydrogen-bond donors (Lipinski definition) is 1. The molecule has 1 aliphatic carbocycles. The summed E-state index contributed by atoms with van der Waals surface area (Å²) in [6.45, 7) is 1.04. The number of aliphatic hydroxyl groups excluding tert-OH is 1. The van der Waals surface area contributed by atoms with Crippen LogP contribution in [0.3, 0.4) is 0 Å². The molecule has 19 nitrogen and oxygen atoms in total. The zero-order valence-electron chi connectivity index (χ0n) is 53.0. The molecule has 24 radical (unpaired) electrons. The Morgan fingerprint density at radius 3 is 1.24 bits per heavy atom. The third-order valence-electron chi connectivity index (χ3n) is 15.6. The van der Waals surface area contributed by atoms with Crippen LogP contribution in [-0.2, 0) is 58.0 Å². The number of benzene rings is 3. The summed E-state index contributed by atoms with van der Waals surface area (Å²) in [5.41, 5.74) is 4.78. The number of methoxy groups -OCH3 is 4. The van der Waals surface area contributed by atoms with Crippen molar-refractivity contribution in [1.82, 2.24) is 19.6 Å². The largest absolute Gasteiger partial charge is 0.468 e. The molecule has 8 rings (SSSR count). The molecule has 0 aromatic heterocycles. The number of aliphatic hydroxyl groups is 1. The molecule has 8 atom stereocenters. The number of β-amino-alcohol motifs (C(OH)–C–C–N with tert-alkyl or cyclic N) is 1. The number of carbonyl (C=O) groups is 7. The minimum Gasteiger partial charge on any atom is -0.468 e. The van der Waals surface area contributed by atoms with E-state index in [1.54, 1.807) is 35.8 Å². The van der Waals surface area contributed by atoms with E-state index in [4.69, 9.17) is 113 Å². The van der Waals surface area contributed by atoms with Crippen LogP contribution in [0, 0.1) is 51.7 Å². The summed E-state index contributed by atoms with van der Waals surface area (Å²) in [6.07, 6.45) is -1.65. The number of Topliss-reactive ketones (excluding diaryl/α,β-unsaturated/α-hetero) is 3. The normalized spacial score (nSPS) is 20.7. The van der Waals surface area contributed by atoms with Crippen molar-refractivity contribution in [2.75, 3.05) is 75.8 Å². The lowest BCUT2D eigenvalue weighted by atomic mass is 8.68. The summed E-state index contributed by atoms with van der Waals surface area (Å²) in [5, 5.41) is 35.2. The zero-order valence-corrected chi connectivity index (χ0v) is 53.0. The summed E-state index contributed by atoms with van der Waals surface area (Å²) >= 11 is 0. The molecule has 466 valence electrons. The van der Waals surface area contributed by atoms with Crippen LogP contribution in [0.1, 0.15) is 49.8 Å². The summed E-state index contributed by atoms with van der Waals surface area (Å²) in [5.74, 6) is -3.12. The first-order valence-corrected chi connectivity index (χ1v) is 28.8. The number of hydrogen-bond acceptors (Lipinski definition) is 19. The van der Waals surface area contributed by atoms with Gasteiger partial charge in [-0.15, -0.1) is 21.9 Å². The highest BCUT2D eigenvalue weighted by molar-refractivity contribution is 7.91. The lowest BCUT2D eigenvalue weighted by Crippen LogP contribution is -2.52. The molecule has 0 spiro atoms. The van der Waals surface area contributed by atoms with Gasteiger partial charge in [0.15, 0.2) is 11.6 Å². The molecule has 4 heterocycles. The minimum absolute atomic E-state index is 0. The standard InChI is InChI=1S/C25H21NO3.C9H14N2O3.2C9H12N2O3.CH4.B8H6.B8H3.B8/c1-29-24(28)23-15-18(27)16-26(23)25(17-9-3-2-4-10-17)21-13-7-5-11-19(21)20-12-6-8-14-22(20)25;3*1-11-5-7(12)6(3-4-10)8(11)9(13)14-2;;3*1-6(2)8(5)7(3)4/h2-14,23H,15-16H2,1H3;6-8,12H,3,5H2,1-2H3;2*6,8H,3,5H2,1-2H3;1H4;1-2H3;1H3;/q;;;;;-2;-1;/t23-;6-,7+,8+;6?,8-;6-,8+;;;;/m0101..../s1. The van der Waals surface area contributed by atoms with Gasteiger partial charge in [0.05, 0.1) is 89.8 Å². The monoisotopic (exact) mass is 1260 g/mol. The molecule has 3 aromatic carbocycles. The minimum atomic E-state index is -0.723. The molecule has 5 aliphatic rings. The van der Waals surface area contributed by atoms with Crippen molar-refractivity contribution in [3.05, 3.63) is 95.6 Å². The van der Waals surface area contributed by atoms with Gasteiger partial charge in [-0.05, 0) is 122 Å². The average Bonchev–Trinajstić information content (AvgIpc) is 1.52. The van der Waals surface area contributed by atoms with Crippen molar-refractivity contribution in [2.45, 2.75) is 68.9 Å². The van der Waals surface area contributed by atoms with Gasteiger partial charge in [0.1, 0.15) is 30.0 Å². The number of esters is 4. The summed E-state index contributed by atoms with van der Waals surface area (Å²) in [6, 6.07) is 30.2. The van der Waals surface area contributed by atoms with Crippen molar-refractivity contribution < 1.29 is 57.6 Å². The van der Waals surface area contributed by atoms with Crippen molar-refractivity contribution in [1.29, 1.82) is 15.8 Å². The van der Waals surface area contributed by atoms with Gasteiger partial charge in [0, 0.05) is 96.0 Å². The second kappa shape index (κ2) is 43.0. The van der Waals surface area contributed by atoms with Gasteiger partial charge >= 0.3 is 23.9 Å². The fourth-order valence-corrected chi connectivity index (χ4v) is 10.8. The van der Waals surface area contributed by atoms with Crippen molar-refractivity contribution in [3.63, 3.8) is 0 Å². The smallest absolute Gasteiger partial charge is 0.323 e. The quantitative estimate of drug-likeness (QED) is 0.0842. The summed E-state index contributed by atoms with van der Waals surface area (Å²) < 4.78 is 18.9. The molecular formula is C53H72B24N7O12-3. The Morgan fingerprint density at radius 2 is 0.917 bits per heavy atom. The van der Waals surface area contributed by atoms with Crippen LogP contribution in [0.25, 0.3) is 11.1 Å². The SMILES string of the molecule is C.COC(=O)[C@@H]1C(CC#N)C(=O)CN1C.COC(=O)[C@@H]1CC(=O)CN1C1(c2ccccc2)c2ccccc2-c2ccccc21.COC(=O)[C@@H]1[C@H](CC#N)C(=O)CN1C.COC(=O)[C@@H]1[C@H](CC#N)[C@@H](O)CN1C.[B]B([B])B([B])B([BH3-])[BH3-].[B]B([B])B([B])B([B])[BH3-].[B]B([B])B([B])B([B])[B]. The van der Waals surface area contributed by atoms with E-state index in [1.807, 2.05) is 65.6 Å². The van der Waals surface area contributed by atoms with Crippen molar-refractivity contribution >= 4 is 215 Å². The molecule has 1 unspecified atom stereocenters. The molecule has 0 bridgehead atoms. The zero-order chi connectivity index (χ0) is 72.4. The Bertz CT molecular complexity index is 2970. The van der Waals surface area contributed by atoms with Crippen molar-refractivity contribution in [2.24, 2.45) is 17.8 Å². The third-order valence-corrected chi connectivity index (χ3v) is 15.6. The van der Waals surface area contributed by atoms with E-state index < -0.39 is 85.1 Å². The maximum Gasteiger partial charge on any atom is 0.323 e. The number of rotatable bonds is 15. The molecule has 43 heteroatoms. The van der Waals surface area contributed by atoms with Crippen LogP contribution < -0.4 is 0 Å². The number of likely N-dealkylation sites (N-methyl/N-ethyl adjacent to an activating group) is 3. The number of ketones is 3. The van der Waals surface area contributed by atoms with Gasteiger partial charge in [-0.1, -0.05) is 100 Å². The lowest BCUT2D eigenvalue weighted by Gasteiger charge is -2.43. The van der Waals surface area contributed by atoms with Gasteiger partial charge in [0.2, 0.25) is 0 Å². The third kappa shape index (κ3) is 23.5. The molecule has 3 aromatic rings. The molecule has 96 heavy (non-hydrogen) atoms. The Hall–Kier alpha value is -5.62. The highest BCUT2D eigenvalue weighted by Crippen LogP contribution is 2.55. The van der Waals surface area contributed by atoms with E-state index in [-0.39, 0.29) is 121 Å². The van der Waals surface area contributed by atoms with Gasteiger partial charge in [0.25, 0.3) is 0 Å². The fourth-order valence-electron chi connectivity index (χ4n) is 10.8. The van der Waals surface area contributed by atoms with E-state index in [2.05, 4.69) is 50.6 Å². The number of ether oxygens (including phenoxy) is 4. The molecular weight excluding hydrogens is 1190 g/mol. The van der Waals surface area contributed by atoms with Crippen LogP contribution in [0.5, 0.6) is 0 Å². The Balaban J connectivity index is 0.000000597. The summed E-state index contributed by atoms with van der Waals surface area (Å²) in [7, 11) is 74.9. The summed E-state index contributed by atoms with van der Waals surface area (Å²) in [4.78, 5) is 89.1. The Morgan fingerprint density at radius 1 is 0.542 bits per heavy atom. The van der Waals surface area contributed by atoms with Crippen LogP contribution >= 0.6 is 0 Å². The van der Waals surface area contributed by atoms with Crippen molar-refractivity contribution in [3.8, 4) is 29.3 Å². The van der Waals surface area contributed by atoms with E-state index in [0.29, 0.717) is 22.0 Å². The average molecular weight is 1260 g/mol. The molecule has 0 saturated carbocycles. The predicted octanol–water partition coefficient (Wildman–Crippen LogP) is -8.63. The van der Waals surface area contributed by atoms with E-state index in [0.717, 1.165) is 34.2 Å². The van der Waals surface area contributed by atoms with Crippen LogP contribution in [0.2, 0.25) is 0 Å². The molecule has 4 fully saturated rings. The first-order chi connectivity index (χ1) is 44.7. The van der Waals surface area contributed by atoms with Crippen LogP contribution in [0.15, 0.2) is 78.9 Å². The highest BCUT2D eigenvalue weighted by atomic mass is 16.5.